The van der Waals surface area contributed by atoms with Crippen molar-refractivity contribution < 1.29 is 14.4 Å². The first-order valence-corrected chi connectivity index (χ1v) is 5.47. The predicted molar refractivity (Wildman–Crippen MR) is 65.0 cm³/mol. The molecule has 2 rings (SSSR count). The van der Waals surface area contributed by atoms with Gasteiger partial charge in [0.1, 0.15) is 12.2 Å². The van der Waals surface area contributed by atoms with E-state index in [2.05, 4.69) is 5.32 Å². The van der Waals surface area contributed by atoms with Gasteiger partial charge >= 0.3 is 0 Å². The Morgan fingerprint density at radius 3 is 2.56 bits per heavy atom. The maximum absolute atomic E-state index is 11.9. The molecular weight excluding hydrogens is 232 g/mol. The molecule has 0 radical (unpaired) electrons. The number of carbonyl (C=O) groups excluding carboxylic acids is 3. The number of piperazine rings is 1. The molecule has 3 amide bonds. The lowest BCUT2D eigenvalue weighted by Crippen LogP contribution is -2.51. The van der Waals surface area contributed by atoms with Gasteiger partial charge in [0, 0.05) is 6.92 Å². The van der Waals surface area contributed by atoms with Crippen LogP contribution in [0.2, 0.25) is 0 Å². The van der Waals surface area contributed by atoms with Gasteiger partial charge in [-0.15, -0.1) is 0 Å². The Kier molecular flexibility index (Phi) is 3.23. The number of nitrogens with zero attached hydrogens (tertiary/aromatic N) is 1. The number of rotatable bonds is 1. The molecule has 0 saturated carbocycles. The normalized spacial score (nSPS) is 17.8. The minimum atomic E-state index is -0.481. The van der Waals surface area contributed by atoms with E-state index in [1.54, 1.807) is 18.2 Å². The molecule has 1 heterocycles. The molecule has 1 saturated heterocycles. The number of carbonyl (C=O) groups is 3. The largest absolute Gasteiger partial charge is 0.320 e. The molecule has 1 aliphatic heterocycles. The lowest BCUT2D eigenvalue weighted by molar-refractivity contribution is -0.147. The summed E-state index contributed by atoms with van der Waals surface area (Å²) in [7, 11) is 0. The van der Waals surface area contributed by atoms with Crippen LogP contribution < -0.4 is 5.32 Å². The zero-order valence-corrected chi connectivity index (χ0v) is 9.84. The molecule has 5 heteroatoms. The van der Waals surface area contributed by atoms with Crippen LogP contribution in [0, 0.1) is 0 Å². The fraction of sp³-hybridized carbons (Fsp3) is 0.154. The standard InChI is InChI=1S/C13H12N2O3/c1-9(16)15-8-12(17)14-11(13(15)18)7-10-5-3-2-4-6-10/h2-7H,8H2,1H3,(H,14,17). The van der Waals surface area contributed by atoms with Gasteiger partial charge in [0.25, 0.3) is 5.91 Å². The van der Waals surface area contributed by atoms with E-state index in [1.807, 2.05) is 18.2 Å². The zero-order chi connectivity index (χ0) is 13.1. The first-order valence-electron chi connectivity index (χ1n) is 5.47. The molecule has 0 aliphatic carbocycles. The molecule has 1 aliphatic rings. The van der Waals surface area contributed by atoms with E-state index in [4.69, 9.17) is 0 Å². The molecular formula is C13H12N2O3. The van der Waals surface area contributed by atoms with Gasteiger partial charge in [-0.3, -0.25) is 19.3 Å². The second kappa shape index (κ2) is 4.83. The molecule has 0 aromatic heterocycles. The van der Waals surface area contributed by atoms with Crippen LogP contribution >= 0.6 is 0 Å². The topological polar surface area (TPSA) is 66.5 Å². The first-order chi connectivity index (χ1) is 8.58. The van der Waals surface area contributed by atoms with Crippen LogP contribution in [0.1, 0.15) is 12.5 Å². The molecule has 0 bridgehead atoms. The van der Waals surface area contributed by atoms with Crippen LogP contribution in [0.3, 0.4) is 0 Å². The zero-order valence-electron chi connectivity index (χ0n) is 9.84. The first kappa shape index (κ1) is 12.0. The van der Waals surface area contributed by atoms with Gasteiger partial charge in [0.05, 0.1) is 0 Å². The van der Waals surface area contributed by atoms with Crippen molar-refractivity contribution in [1.82, 2.24) is 10.2 Å². The predicted octanol–water partition coefficient (Wildman–Crippen LogP) is 0.532. The summed E-state index contributed by atoms with van der Waals surface area (Å²) in [6.07, 6.45) is 1.55. The van der Waals surface area contributed by atoms with Crippen molar-refractivity contribution in [2.24, 2.45) is 0 Å². The van der Waals surface area contributed by atoms with Crippen LogP contribution in [-0.4, -0.2) is 29.2 Å². The summed E-state index contributed by atoms with van der Waals surface area (Å²) in [5.74, 6) is -1.29. The third-order valence-electron chi connectivity index (χ3n) is 2.54. The molecule has 18 heavy (non-hydrogen) atoms. The Bertz CT molecular complexity index is 534. The van der Waals surface area contributed by atoms with Crippen molar-refractivity contribution in [2.75, 3.05) is 6.54 Å². The van der Waals surface area contributed by atoms with Crippen LogP contribution in [0.15, 0.2) is 36.0 Å². The monoisotopic (exact) mass is 244 g/mol. The molecule has 0 unspecified atom stereocenters. The number of amides is 3. The maximum atomic E-state index is 11.9. The highest BCUT2D eigenvalue weighted by atomic mass is 16.2. The van der Waals surface area contributed by atoms with Crippen LogP contribution in [0.25, 0.3) is 6.08 Å². The minimum absolute atomic E-state index is 0.118. The van der Waals surface area contributed by atoms with E-state index in [9.17, 15) is 14.4 Å². The van der Waals surface area contributed by atoms with Crippen molar-refractivity contribution in [1.29, 1.82) is 0 Å². The van der Waals surface area contributed by atoms with E-state index in [1.165, 1.54) is 6.92 Å². The van der Waals surface area contributed by atoms with Gasteiger partial charge in [-0.2, -0.15) is 0 Å². The second-order valence-corrected chi connectivity index (χ2v) is 3.93. The summed E-state index contributed by atoms with van der Waals surface area (Å²) in [5, 5.41) is 2.48. The van der Waals surface area contributed by atoms with Gasteiger partial charge in [-0.25, -0.2) is 0 Å². The van der Waals surface area contributed by atoms with Crippen molar-refractivity contribution in [3.8, 4) is 0 Å². The number of hydrogen-bond acceptors (Lipinski definition) is 3. The summed E-state index contributed by atoms with van der Waals surface area (Å²) in [4.78, 5) is 35.5. The van der Waals surface area contributed by atoms with Crippen molar-refractivity contribution in [2.45, 2.75) is 6.92 Å². The quantitative estimate of drug-likeness (QED) is 0.733. The summed E-state index contributed by atoms with van der Waals surface area (Å²) < 4.78 is 0. The Balaban J connectivity index is 2.32. The lowest BCUT2D eigenvalue weighted by atomic mass is 10.1. The van der Waals surface area contributed by atoms with E-state index >= 15 is 0 Å². The Hall–Kier alpha value is -2.43. The molecule has 0 atom stereocenters. The van der Waals surface area contributed by atoms with Crippen molar-refractivity contribution in [3.05, 3.63) is 41.6 Å². The van der Waals surface area contributed by atoms with E-state index in [0.29, 0.717) is 0 Å². The van der Waals surface area contributed by atoms with Crippen molar-refractivity contribution >= 4 is 23.8 Å². The molecule has 0 spiro atoms. The highest BCUT2D eigenvalue weighted by Crippen LogP contribution is 2.11. The van der Waals surface area contributed by atoms with Crippen LogP contribution in [-0.2, 0) is 14.4 Å². The minimum Gasteiger partial charge on any atom is -0.320 e. The van der Waals surface area contributed by atoms with Crippen molar-refractivity contribution in [3.63, 3.8) is 0 Å². The second-order valence-electron chi connectivity index (χ2n) is 3.93. The number of nitrogens with one attached hydrogen (secondary N) is 1. The van der Waals surface area contributed by atoms with E-state index in [-0.39, 0.29) is 18.1 Å². The van der Waals surface area contributed by atoms with E-state index in [0.717, 1.165) is 10.5 Å². The molecule has 1 N–H and O–H groups in total. The van der Waals surface area contributed by atoms with Crippen LogP contribution in [0.4, 0.5) is 0 Å². The number of hydrogen-bond donors (Lipinski definition) is 1. The smallest absolute Gasteiger partial charge is 0.277 e. The average molecular weight is 244 g/mol. The third kappa shape index (κ3) is 2.45. The third-order valence-corrected chi connectivity index (χ3v) is 2.54. The van der Waals surface area contributed by atoms with E-state index < -0.39 is 11.8 Å². The maximum Gasteiger partial charge on any atom is 0.277 e. The summed E-state index contributed by atoms with van der Waals surface area (Å²) in [6.45, 7) is 1.04. The molecule has 5 nitrogen and oxygen atoms in total. The summed E-state index contributed by atoms with van der Waals surface area (Å²) in [6, 6.07) is 9.11. The lowest BCUT2D eigenvalue weighted by Gasteiger charge is -2.25. The number of benzene rings is 1. The summed E-state index contributed by atoms with van der Waals surface area (Å²) in [5.41, 5.74) is 0.902. The van der Waals surface area contributed by atoms with Gasteiger partial charge < -0.3 is 5.32 Å². The molecule has 1 aromatic carbocycles. The molecule has 1 fully saturated rings. The van der Waals surface area contributed by atoms with Gasteiger partial charge in [0.15, 0.2) is 0 Å². The highest BCUT2D eigenvalue weighted by Gasteiger charge is 2.30. The SMILES string of the molecule is CC(=O)N1CC(=O)NC(=Cc2ccccc2)C1=O. The summed E-state index contributed by atoms with van der Waals surface area (Å²) >= 11 is 0. The Morgan fingerprint density at radius 2 is 1.94 bits per heavy atom. The Labute approximate surface area is 104 Å². The molecule has 1 aromatic rings. The van der Waals surface area contributed by atoms with Gasteiger partial charge in [0.2, 0.25) is 11.8 Å². The average Bonchev–Trinajstić information content (AvgIpc) is 2.34. The fourth-order valence-electron chi connectivity index (χ4n) is 1.67. The van der Waals surface area contributed by atoms with Gasteiger partial charge in [-0.05, 0) is 11.6 Å². The van der Waals surface area contributed by atoms with Crippen LogP contribution in [0.5, 0.6) is 0 Å². The van der Waals surface area contributed by atoms with Gasteiger partial charge in [-0.1, -0.05) is 30.3 Å². The number of imide groups is 1. The fourth-order valence-corrected chi connectivity index (χ4v) is 1.67. The highest BCUT2D eigenvalue weighted by molar-refractivity contribution is 6.12. The Morgan fingerprint density at radius 1 is 1.28 bits per heavy atom. The molecule has 92 valence electrons.